The molecular formula is C33H30N4O3S. The van der Waals surface area contributed by atoms with E-state index in [0.29, 0.717) is 39.1 Å². The Morgan fingerprint density at radius 1 is 0.927 bits per heavy atom. The summed E-state index contributed by atoms with van der Waals surface area (Å²) in [6, 6.07) is 23.1. The SMILES string of the molecule is COc1ccc(-n2c(SCc3nc4c(c(=O)[nH]3)C3(CCCCC3)Cc3ccccc3-4)nc3ccccc3c2=O)cc1. The molecule has 206 valence electrons. The fraction of sp³-hybridized carbons (Fsp3) is 0.273. The summed E-state index contributed by atoms with van der Waals surface area (Å²) in [5.41, 5.74) is 4.96. The highest BCUT2D eigenvalue weighted by Crippen LogP contribution is 2.48. The van der Waals surface area contributed by atoms with Gasteiger partial charge in [-0.2, -0.15) is 0 Å². The third kappa shape index (κ3) is 4.47. The summed E-state index contributed by atoms with van der Waals surface area (Å²) in [6.07, 6.45) is 6.41. The number of hydrogen-bond acceptors (Lipinski definition) is 6. The van der Waals surface area contributed by atoms with Crippen LogP contribution < -0.4 is 15.9 Å². The zero-order chi connectivity index (χ0) is 28.0. The minimum absolute atomic E-state index is 0.0407. The van der Waals surface area contributed by atoms with Gasteiger partial charge in [-0.25, -0.2) is 9.97 Å². The molecule has 0 radical (unpaired) electrons. The Labute approximate surface area is 241 Å². The monoisotopic (exact) mass is 562 g/mol. The standard InChI is InChI=1S/C33H30N4O3S/c1-40-23-15-13-22(14-16-23)37-31(39)25-11-5-6-12-26(25)34-32(37)41-20-27-35-29-24-10-4-3-9-21(24)19-33(17-7-2-8-18-33)28(29)30(38)36-27/h3-6,9-16H,2,7-8,17-20H2,1H3,(H,35,36,38). The Morgan fingerprint density at radius 3 is 2.49 bits per heavy atom. The van der Waals surface area contributed by atoms with Crippen LogP contribution in [0.2, 0.25) is 0 Å². The number of rotatable bonds is 5. The Balaban J connectivity index is 1.31. The van der Waals surface area contributed by atoms with Crippen LogP contribution in [0.1, 0.15) is 49.1 Å². The Morgan fingerprint density at radius 2 is 1.68 bits per heavy atom. The lowest BCUT2D eigenvalue weighted by atomic mass is 9.62. The van der Waals surface area contributed by atoms with Crippen molar-refractivity contribution in [2.24, 2.45) is 0 Å². The molecule has 7 rings (SSSR count). The molecule has 1 spiro atoms. The highest BCUT2D eigenvalue weighted by molar-refractivity contribution is 7.98. The molecule has 3 aromatic carbocycles. The summed E-state index contributed by atoms with van der Waals surface area (Å²) < 4.78 is 6.93. The second-order valence-corrected chi connectivity index (χ2v) is 11.9. The largest absolute Gasteiger partial charge is 0.497 e. The zero-order valence-corrected chi connectivity index (χ0v) is 23.7. The van der Waals surface area contributed by atoms with Crippen LogP contribution >= 0.6 is 11.8 Å². The van der Waals surface area contributed by atoms with E-state index in [-0.39, 0.29) is 16.5 Å². The van der Waals surface area contributed by atoms with Crippen LogP contribution in [0, 0.1) is 0 Å². The number of nitrogens with one attached hydrogen (secondary N) is 1. The van der Waals surface area contributed by atoms with Crippen LogP contribution in [0.25, 0.3) is 27.8 Å². The van der Waals surface area contributed by atoms with Gasteiger partial charge in [0, 0.05) is 11.0 Å². The van der Waals surface area contributed by atoms with Crippen LogP contribution in [0.5, 0.6) is 5.75 Å². The summed E-state index contributed by atoms with van der Waals surface area (Å²) in [7, 11) is 1.61. The first kappa shape index (κ1) is 25.8. The van der Waals surface area contributed by atoms with Gasteiger partial charge in [-0.1, -0.05) is 67.4 Å². The molecule has 2 aromatic heterocycles. The van der Waals surface area contributed by atoms with E-state index in [2.05, 4.69) is 23.2 Å². The lowest BCUT2D eigenvalue weighted by Crippen LogP contribution is -2.41. The minimum atomic E-state index is -0.150. The number of hydrogen-bond donors (Lipinski definition) is 1. The van der Waals surface area contributed by atoms with E-state index in [1.54, 1.807) is 17.7 Å². The molecule has 8 heteroatoms. The van der Waals surface area contributed by atoms with Gasteiger partial charge in [0.05, 0.1) is 40.7 Å². The highest BCUT2D eigenvalue weighted by atomic mass is 32.2. The number of fused-ring (bicyclic) bond motifs is 5. The van der Waals surface area contributed by atoms with Gasteiger partial charge in [-0.05, 0) is 61.2 Å². The molecule has 0 unspecified atom stereocenters. The van der Waals surface area contributed by atoms with Crippen molar-refractivity contribution >= 4 is 22.7 Å². The van der Waals surface area contributed by atoms with Crippen molar-refractivity contribution in [3.05, 3.63) is 110 Å². The van der Waals surface area contributed by atoms with E-state index >= 15 is 0 Å². The molecule has 0 atom stereocenters. The van der Waals surface area contributed by atoms with Gasteiger partial charge in [0.1, 0.15) is 11.6 Å². The molecule has 2 aliphatic carbocycles. The molecule has 0 amide bonds. The van der Waals surface area contributed by atoms with Gasteiger partial charge in [0.15, 0.2) is 5.16 Å². The average molecular weight is 563 g/mol. The predicted octanol–water partition coefficient (Wildman–Crippen LogP) is 6.19. The number of benzene rings is 3. The van der Waals surface area contributed by atoms with Crippen molar-refractivity contribution in [1.29, 1.82) is 0 Å². The van der Waals surface area contributed by atoms with Crippen LogP contribution in [0.4, 0.5) is 0 Å². The first-order chi connectivity index (χ1) is 20.1. The summed E-state index contributed by atoms with van der Waals surface area (Å²) in [5, 5.41) is 1.07. The zero-order valence-electron chi connectivity index (χ0n) is 22.9. The van der Waals surface area contributed by atoms with Gasteiger partial charge in [-0.15, -0.1) is 0 Å². The van der Waals surface area contributed by atoms with Gasteiger partial charge in [0.25, 0.3) is 11.1 Å². The van der Waals surface area contributed by atoms with Gasteiger partial charge in [-0.3, -0.25) is 14.2 Å². The molecule has 0 bridgehead atoms. The van der Waals surface area contributed by atoms with Crippen LogP contribution in [0.15, 0.2) is 87.5 Å². The molecule has 2 heterocycles. The van der Waals surface area contributed by atoms with Crippen LogP contribution in [-0.2, 0) is 17.6 Å². The highest BCUT2D eigenvalue weighted by Gasteiger charge is 2.42. The lowest BCUT2D eigenvalue weighted by molar-refractivity contribution is 0.285. The maximum Gasteiger partial charge on any atom is 0.266 e. The van der Waals surface area contributed by atoms with Crippen molar-refractivity contribution in [2.75, 3.05) is 7.11 Å². The normalized spacial score (nSPS) is 15.4. The second kappa shape index (κ2) is 10.3. The third-order valence-electron chi connectivity index (χ3n) is 8.52. The maximum atomic E-state index is 13.8. The van der Waals surface area contributed by atoms with E-state index in [4.69, 9.17) is 14.7 Å². The van der Waals surface area contributed by atoms with Crippen LogP contribution in [-0.4, -0.2) is 26.6 Å². The molecule has 1 N–H and O–H groups in total. The van der Waals surface area contributed by atoms with E-state index in [0.717, 1.165) is 48.9 Å². The number of aromatic nitrogens is 4. The minimum Gasteiger partial charge on any atom is -0.497 e. The molecule has 0 saturated heterocycles. The molecule has 1 saturated carbocycles. The summed E-state index contributed by atoms with van der Waals surface area (Å²) in [4.78, 5) is 40.5. The van der Waals surface area contributed by atoms with Gasteiger partial charge in [0.2, 0.25) is 0 Å². The maximum absolute atomic E-state index is 13.8. The van der Waals surface area contributed by atoms with E-state index in [9.17, 15) is 9.59 Å². The van der Waals surface area contributed by atoms with Crippen molar-refractivity contribution in [2.45, 2.75) is 54.8 Å². The number of thioether (sulfide) groups is 1. The van der Waals surface area contributed by atoms with E-state index < -0.39 is 0 Å². The second-order valence-electron chi connectivity index (χ2n) is 10.9. The van der Waals surface area contributed by atoms with Crippen LogP contribution in [0.3, 0.4) is 0 Å². The quantitative estimate of drug-likeness (QED) is 0.203. The molecule has 41 heavy (non-hydrogen) atoms. The Kier molecular flexibility index (Phi) is 6.50. The fourth-order valence-corrected chi connectivity index (χ4v) is 7.47. The average Bonchev–Trinajstić information content (AvgIpc) is 3.00. The molecule has 5 aromatic rings. The fourth-order valence-electron chi connectivity index (χ4n) is 6.59. The number of para-hydroxylation sites is 1. The number of nitrogens with zero attached hydrogens (tertiary/aromatic N) is 3. The first-order valence-corrected chi connectivity index (χ1v) is 15.1. The molecule has 7 nitrogen and oxygen atoms in total. The molecular weight excluding hydrogens is 532 g/mol. The summed E-state index contributed by atoms with van der Waals surface area (Å²) in [6.45, 7) is 0. The van der Waals surface area contributed by atoms with Crippen molar-refractivity contribution < 1.29 is 4.74 Å². The van der Waals surface area contributed by atoms with Gasteiger partial charge >= 0.3 is 0 Å². The van der Waals surface area contributed by atoms with Crippen molar-refractivity contribution in [3.8, 4) is 22.7 Å². The van der Waals surface area contributed by atoms with Crippen molar-refractivity contribution in [1.82, 2.24) is 19.5 Å². The third-order valence-corrected chi connectivity index (χ3v) is 9.47. The smallest absolute Gasteiger partial charge is 0.266 e. The number of ether oxygens (including phenoxy) is 1. The van der Waals surface area contributed by atoms with E-state index in [1.165, 1.54) is 23.7 Å². The molecule has 2 aliphatic rings. The predicted molar refractivity (Wildman–Crippen MR) is 162 cm³/mol. The topological polar surface area (TPSA) is 89.9 Å². The number of aromatic amines is 1. The lowest BCUT2D eigenvalue weighted by Gasteiger charge is -2.41. The summed E-state index contributed by atoms with van der Waals surface area (Å²) in [5.74, 6) is 1.64. The molecule has 1 fully saturated rings. The summed E-state index contributed by atoms with van der Waals surface area (Å²) >= 11 is 1.39. The number of H-pyrrole nitrogens is 1. The first-order valence-electron chi connectivity index (χ1n) is 14.1. The Hall–Kier alpha value is -4.17. The Bertz CT molecular complexity index is 1890. The number of methoxy groups -OCH3 is 1. The molecule has 0 aliphatic heterocycles. The van der Waals surface area contributed by atoms with Gasteiger partial charge < -0.3 is 9.72 Å². The van der Waals surface area contributed by atoms with Crippen molar-refractivity contribution in [3.63, 3.8) is 0 Å². The van der Waals surface area contributed by atoms with E-state index in [1.807, 2.05) is 48.5 Å².